The van der Waals surface area contributed by atoms with E-state index in [4.69, 9.17) is 9.15 Å². The van der Waals surface area contributed by atoms with Crippen LogP contribution < -0.4 is 0 Å². The van der Waals surface area contributed by atoms with Crippen LogP contribution in [0.5, 0.6) is 0 Å². The summed E-state index contributed by atoms with van der Waals surface area (Å²) in [6, 6.07) is 2.09. The third-order valence-electron chi connectivity index (χ3n) is 4.99. The van der Waals surface area contributed by atoms with Gasteiger partial charge >= 0.3 is 5.97 Å². The van der Waals surface area contributed by atoms with Gasteiger partial charge in [-0.2, -0.15) is 0 Å². The van der Waals surface area contributed by atoms with Crippen molar-refractivity contribution in [1.82, 2.24) is 0 Å². The van der Waals surface area contributed by atoms with Crippen molar-refractivity contribution in [3.63, 3.8) is 0 Å². The Labute approximate surface area is 120 Å². The first-order valence-electron chi connectivity index (χ1n) is 7.32. The van der Waals surface area contributed by atoms with Gasteiger partial charge in [0.15, 0.2) is 0 Å². The van der Waals surface area contributed by atoms with E-state index in [2.05, 4.69) is 32.9 Å². The van der Waals surface area contributed by atoms with E-state index in [0.29, 0.717) is 11.8 Å². The second-order valence-electron chi connectivity index (χ2n) is 6.72. The summed E-state index contributed by atoms with van der Waals surface area (Å²) in [7, 11) is 0. The molecule has 108 valence electrons. The normalized spacial score (nSPS) is 31.0. The first-order valence-corrected chi connectivity index (χ1v) is 7.32. The fraction of sp³-hybridized carbons (Fsp3) is 0.588. The van der Waals surface area contributed by atoms with Crippen molar-refractivity contribution in [3.8, 4) is 0 Å². The Morgan fingerprint density at radius 3 is 2.90 bits per heavy atom. The molecule has 0 N–H and O–H groups in total. The minimum atomic E-state index is -0.200. The summed E-state index contributed by atoms with van der Waals surface area (Å²) in [6.07, 6.45) is 5.94. The van der Waals surface area contributed by atoms with Crippen molar-refractivity contribution >= 4 is 5.97 Å². The highest BCUT2D eigenvalue weighted by atomic mass is 16.5. The Morgan fingerprint density at radius 1 is 1.45 bits per heavy atom. The Kier molecular flexibility index (Phi) is 3.03. The molecule has 1 aromatic heterocycles. The van der Waals surface area contributed by atoms with Gasteiger partial charge in [0.2, 0.25) is 0 Å². The van der Waals surface area contributed by atoms with Crippen molar-refractivity contribution in [2.45, 2.75) is 52.1 Å². The molecule has 2 aliphatic rings. The number of fused-ring (bicyclic) bond motifs is 2. The first-order chi connectivity index (χ1) is 9.39. The highest BCUT2D eigenvalue weighted by molar-refractivity contribution is 5.66. The summed E-state index contributed by atoms with van der Waals surface area (Å²) in [5.41, 5.74) is 2.49. The van der Waals surface area contributed by atoms with Gasteiger partial charge in [0.05, 0.1) is 6.26 Å². The minimum absolute atomic E-state index is 0.0165. The molecule has 1 heterocycles. The van der Waals surface area contributed by atoms with Crippen molar-refractivity contribution in [2.75, 3.05) is 0 Å². The molecular weight excluding hydrogens is 252 g/mol. The van der Waals surface area contributed by atoms with E-state index in [1.54, 1.807) is 6.26 Å². The molecule has 0 saturated heterocycles. The van der Waals surface area contributed by atoms with Crippen LogP contribution in [0.15, 0.2) is 28.4 Å². The Balaban J connectivity index is 1.96. The lowest BCUT2D eigenvalue weighted by molar-refractivity contribution is -0.146. The van der Waals surface area contributed by atoms with Crippen molar-refractivity contribution in [3.05, 3.63) is 35.3 Å². The van der Waals surface area contributed by atoms with E-state index in [1.807, 2.05) is 0 Å². The molecule has 0 aromatic carbocycles. The van der Waals surface area contributed by atoms with Crippen LogP contribution in [-0.4, -0.2) is 12.1 Å². The number of carbonyl (C=O) groups excluding carboxylic acids is 1. The largest absolute Gasteiger partial charge is 0.468 e. The monoisotopic (exact) mass is 274 g/mol. The van der Waals surface area contributed by atoms with E-state index < -0.39 is 0 Å². The van der Waals surface area contributed by atoms with Crippen LogP contribution in [0.1, 0.15) is 45.4 Å². The van der Waals surface area contributed by atoms with Gasteiger partial charge in [-0.15, -0.1) is 0 Å². The average molecular weight is 274 g/mol. The van der Waals surface area contributed by atoms with Gasteiger partial charge in [-0.05, 0) is 48.8 Å². The van der Waals surface area contributed by atoms with Crippen LogP contribution in [0, 0.1) is 11.8 Å². The zero-order valence-electron chi connectivity index (χ0n) is 12.6. The first kappa shape index (κ1) is 13.5. The van der Waals surface area contributed by atoms with E-state index in [1.165, 1.54) is 18.1 Å². The maximum atomic E-state index is 11.3. The van der Waals surface area contributed by atoms with Gasteiger partial charge in [-0.25, -0.2) is 0 Å². The fourth-order valence-corrected chi connectivity index (χ4v) is 4.01. The molecule has 1 aromatic rings. The Hall–Kier alpha value is -1.51. The van der Waals surface area contributed by atoms with Crippen LogP contribution in [0.4, 0.5) is 0 Å². The predicted octanol–water partition coefficient (Wildman–Crippen LogP) is 3.63. The van der Waals surface area contributed by atoms with Gasteiger partial charge in [0.1, 0.15) is 11.9 Å². The molecule has 0 fully saturated rings. The smallest absolute Gasteiger partial charge is 0.303 e. The van der Waals surface area contributed by atoms with E-state index in [-0.39, 0.29) is 17.5 Å². The lowest BCUT2D eigenvalue weighted by atomic mass is 9.59. The van der Waals surface area contributed by atoms with Crippen LogP contribution >= 0.6 is 0 Å². The highest BCUT2D eigenvalue weighted by Gasteiger charge is 2.47. The number of esters is 1. The molecule has 3 atom stereocenters. The lowest BCUT2D eigenvalue weighted by Crippen LogP contribution is -2.44. The van der Waals surface area contributed by atoms with Crippen molar-refractivity contribution < 1.29 is 13.9 Å². The number of ether oxygens (including phenoxy) is 1. The number of hydrogen-bond donors (Lipinski definition) is 0. The third-order valence-corrected chi connectivity index (χ3v) is 4.99. The van der Waals surface area contributed by atoms with Crippen LogP contribution in [0.2, 0.25) is 0 Å². The topological polar surface area (TPSA) is 39.4 Å². The number of allylic oxidation sites excluding steroid dienone is 1. The van der Waals surface area contributed by atoms with E-state index in [0.717, 1.165) is 18.6 Å². The SMILES string of the molecule is CC(=O)OC1CC2C(C=C1C)Cc1ccoc1C2(C)C. The summed E-state index contributed by atoms with van der Waals surface area (Å²) >= 11 is 0. The summed E-state index contributed by atoms with van der Waals surface area (Å²) in [5, 5.41) is 0. The second kappa shape index (κ2) is 4.51. The summed E-state index contributed by atoms with van der Waals surface area (Å²) in [5.74, 6) is 1.87. The molecule has 3 unspecified atom stereocenters. The van der Waals surface area contributed by atoms with Crippen LogP contribution in [-0.2, 0) is 21.4 Å². The zero-order chi connectivity index (χ0) is 14.5. The quantitative estimate of drug-likeness (QED) is 0.580. The zero-order valence-corrected chi connectivity index (χ0v) is 12.6. The number of rotatable bonds is 1. The molecular formula is C17H22O3. The molecule has 2 aliphatic carbocycles. The van der Waals surface area contributed by atoms with Gasteiger partial charge in [-0.3, -0.25) is 4.79 Å². The molecule has 3 heteroatoms. The van der Waals surface area contributed by atoms with Gasteiger partial charge in [0, 0.05) is 12.3 Å². The average Bonchev–Trinajstić information content (AvgIpc) is 2.80. The molecule has 0 saturated carbocycles. The molecule has 3 rings (SSSR count). The second-order valence-corrected chi connectivity index (χ2v) is 6.72. The molecule has 20 heavy (non-hydrogen) atoms. The molecule has 0 spiro atoms. The number of furan rings is 1. The summed E-state index contributed by atoms with van der Waals surface area (Å²) in [6.45, 7) is 8.04. The van der Waals surface area contributed by atoms with Crippen LogP contribution in [0.25, 0.3) is 0 Å². The van der Waals surface area contributed by atoms with E-state index in [9.17, 15) is 4.79 Å². The van der Waals surface area contributed by atoms with Crippen molar-refractivity contribution in [1.29, 1.82) is 0 Å². The molecule has 0 amide bonds. The van der Waals surface area contributed by atoms with Gasteiger partial charge in [-0.1, -0.05) is 19.9 Å². The van der Waals surface area contributed by atoms with Gasteiger partial charge < -0.3 is 9.15 Å². The molecule has 3 nitrogen and oxygen atoms in total. The Morgan fingerprint density at radius 2 is 2.20 bits per heavy atom. The lowest BCUT2D eigenvalue weighted by Gasteiger charge is -2.46. The Bertz CT molecular complexity index is 565. The summed E-state index contributed by atoms with van der Waals surface area (Å²) in [4.78, 5) is 11.3. The van der Waals surface area contributed by atoms with E-state index >= 15 is 0 Å². The molecule has 0 aliphatic heterocycles. The van der Waals surface area contributed by atoms with Crippen molar-refractivity contribution in [2.24, 2.45) is 11.8 Å². The molecule has 0 radical (unpaired) electrons. The summed E-state index contributed by atoms with van der Waals surface area (Å²) < 4.78 is 11.2. The fourth-order valence-electron chi connectivity index (χ4n) is 4.01. The highest BCUT2D eigenvalue weighted by Crippen LogP contribution is 2.50. The van der Waals surface area contributed by atoms with Crippen LogP contribution in [0.3, 0.4) is 0 Å². The standard InChI is InChI=1S/C17H22O3/c1-10-7-13-8-12-5-6-19-16(12)17(3,4)14(13)9-15(10)20-11(2)18/h5-7,13-15H,8-9H2,1-4H3. The maximum Gasteiger partial charge on any atom is 0.303 e. The number of hydrogen-bond acceptors (Lipinski definition) is 3. The third kappa shape index (κ3) is 2.00. The number of carbonyl (C=O) groups is 1. The molecule has 0 bridgehead atoms. The predicted molar refractivity (Wildman–Crippen MR) is 76.3 cm³/mol. The van der Waals surface area contributed by atoms with Gasteiger partial charge in [0.25, 0.3) is 0 Å². The maximum absolute atomic E-state index is 11.3. The minimum Gasteiger partial charge on any atom is -0.468 e.